The molecular weight excluding hydrogens is 985 g/mol. The van der Waals surface area contributed by atoms with Gasteiger partial charge >= 0.3 is 17.9 Å². The van der Waals surface area contributed by atoms with Gasteiger partial charge in [0, 0.05) is 19.3 Å². The molecule has 6 heteroatoms. The van der Waals surface area contributed by atoms with Crippen molar-refractivity contribution < 1.29 is 28.6 Å². The fraction of sp³-hybridized carbons (Fsp3) is 0.905. The molecule has 0 aromatic heterocycles. The van der Waals surface area contributed by atoms with Gasteiger partial charge in [-0.2, -0.15) is 0 Å². The van der Waals surface area contributed by atoms with Gasteiger partial charge in [0.05, 0.1) is 0 Å². The molecular formula is C74H140O6. The van der Waals surface area contributed by atoms with E-state index in [1.54, 1.807) is 0 Å². The van der Waals surface area contributed by atoms with Crippen LogP contribution in [0.5, 0.6) is 0 Å². The minimum atomic E-state index is -0.765. The molecule has 1 atom stereocenters. The summed E-state index contributed by atoms with van der Waals surface area (Å²) < 4.78 is 16.9. The number of esters is 3. The SMILES string of the molecule is CCCCCCC/C=C\C/C=C\CCCCCCCCCCCCCCCCCCCCCC(=O)OCC(COC(=O)CCCCCCCCCC)OC(=O)CCCCCCCCCCCCCCCCCCCCCCCCC. The molecule has 0 heterocycles. The summed E-state index contributed by atoms with van der Waals surface area (Å²) in [6.45, 7) is 6.68. The largest absolute Gasteiger partial charge is 0.462 e. The summed E-state index contributed by atoms with van der Waals surface area (Å²) in [7, 11) is 0. The summed E-state index contributed by atoms with van der Waals surface area (Å²) in [5, 5.41) is 0. The van der Waals surface area contributed by atoms with E-state index >= 15 is 0 Å². The molecule has 0 bridgehead atoms. The molecule has 0 N–H and O–H groups in total. The van der Waals surface area contributed by atoms with Crippen LogP contribution in [0.15, 0.2) is 24.3 Å². The maximum atomic E-state index is 12.9. The number of unbranched alkanes of at least 4 members (excludes halogenated alkanes) is 53. The van der Waals surface area contributed by atoms with Crippen molar-refractivity contribution in [2.45, 2.75) is 419 Å². The average Bonchev–Trinajstić information content (AvgIpc) is 3.46. The molecule has 0 amide bonds. The molecule has 0 fully saturated rings. The maximum Gasteiger partial charge on any atom is 0.306 e. The second-order valence-corrected chi connectivity index (χ2v) is 24.9. The van der Waals surface area contributed by atoms with Crippen LogP contribution < -0.4 is 0 Å². The van der Waals surface area contributed by atoms with Crippen molar-refractivity contribution in [1.82, 2.24) is 0 Å². The van der Waals surface area contributed by atoms with Crippen molar-refractivity contribution in [1.29, 1.82) is 0 Å². The summed E-state index contributed by atoms with van der Waals surface area (Å²) in [4.78, 5) is 38.2. The van der Waals surface area contributed by atoms with E-state index in [4.69, 9.17) is 14.2 Å². The van der Waals surface area contributed by atoms with E-state index in [-0.39, 0.29) is 31.1 Å². The van der Waals surface area contributed by atoms with Crippen LogP contribution in [0.25, 0.3) is 0 Å². The molecule has 0 aliphatic heterocycles. The first-order valence-electron chi connectivity index (χ1n) is 36.3. The Hall–Kier alpha value is -2.11. The topological polar surface area (TPSA) is 78.9 Å². The lowest BCUT2D eigenvalue weighted by atomic mass is 10.0. The van der Waals surface area contributed by atoms with Crippen LogP contribution >= 0.6 is 0 Å². The highest BCUT2D eigenvalue weighted by Gasteiger charge is 2.19. The van der Waals surface area contributed by atoms with Crippen molar-refractivity contribution in [2.24, 2.45) is 0 Å². The zero-order valence-electron chi connectivity index (χ0n) is 54.4. The summed E-state index contributed by atoms with van der Waals surface area (Å²) in [6, 6.07) is 0. The highest BCUT2D eigenvalue weighted by molar-refractivity contribution is 5.71. The van der Waals surface area contributed by atoms with Gasteiger partial charge in [-0.1, -0.05) is 366 Å². The van der Waals surface area contributed by atoms with Crippen molar-refractivity contribution in [3.8, 4) is 0 Å². The molecule has 0 aliphatic rings. The van der Waals surface area contributed by atoms with Crippen LogP contribution in [-0.2, 0) is 28.6 Å². The standard InChI is InChI=1S/C74H140O6/c1-4-7-10-13-16-19-21-23-25-27-29-31-33-34-35-36-37-38-39-40-42-43-45-47-49-51-53-55-58-61-64-67-73(76)79-70-71(69-78-72(75)66-63-60-57-18-15-12-9-6-3)80-74(77)68-65-62-59-56-54-52-50-48-46-44-41-32-30-28-26-24-22-20-17-14-11-8-5-2/h21,23,27,29,71H,4-20,22,24-26,28,30-70H2,1-3H3/b23-21-,29-27-. The van der Waals surface area contributed by atoms with Crippen LogP contribution in [-0.4, -0.2) is 37.2 Å². The number of ether oxygens (including phenoxy) is 3. The van der Waals surface area contributed by atoms with Gasteiger partial charge in [0.15, 0.2) is 6.10 Å². The predicted octanol–water partition coefficient (Wildman–Crippen LogP) is 25.0. The smallest absolute Gasteiger partial charge is 0.306 e. The van der Waals surface area contributed by atoms with Crippen LogP contribution in [0, 0.1) is 0 Å². The van der Waals surface area contributed by atoms with E-state index in [0.29, 0.717) is 19.3 Å². The predicted molar refractivity (Wildman–Crippen MR) is 349 cm³/mol. The van der Waals surface area contributed by atoms with E-state index in [1.165, 1.54) is 308 Å². The third kappa shape index (κ3) is 66.7. The Bertz CT molecular complexity index is 1290. The number of carbonyl (C=O) groups excluding carboxylic acids is 3. The molecule has 0 aliphatic carbocycles. The van der Waals surface area contributed by atoms with Gasteiger partial charge in [0.1, 0.15) is 13.2 Å². The zero-order chi connectivity index (χ0) is 57.8. The number of hydrogen-bond acceptors (Lipinski definition) is 6. The van der Waals surface area contributed by atoms with E-state index in [2.05, 4.69) is 45.1 Å². The van der Waals surface area contributed by atoms with Crippen molar-refractivity contribution >= 4 is 17.9 Å². The van der Waals surface area contributed by atoms with E-state index in [9.17, 15) is 14.4 Å². The number of carbonyl (C=O) groups is 3. The van der Waals surface area contributed by atoms with Gasteiger partial charge in [-0.3, -0.25) is 14.4 Å². The minimum absolute atomic E-state index is 0.0637. The molecule has 472 valence electrons. The number of allylic oxidation sites excluding steroid dienone is 4. The summed E-state index contributed by atoms with van der Waals surface area (Å²) in [5.41, 5.74) is 0. The molecule has 0 aromatic carbocycles. The maximum absolute atomic E-state index is 12.9. The minimum Gasteiger partial charge on any atom is -0.462 e. The number of rotatable bonds is 68. The normalized spacial score (nSPS) is 12.1. The Morgan fingerprint density at radius 2 is 0.450 bits per heavy atom. The molecule has 0 aromatic rings. The fourth-order valence-corrected chi connectivity index (χ4v) is 11.2. The third-order valence-corrected chi connectivity index (χ3v) is 16.7. The first-order chi connectivity index (χ1) is 39.5. The highest BCUT2D eigenvalue weighted by Crippen LogP contribution is 2.19. The lowest BCUT2D eigenvalue weighted by Crippen LogP contribution is -2.30. The van der Waals surface area contributed by atoms with Gasteiger partial charge in [0.25, 0.3) is 0 Å². The molecule has 80 heavy (non-hydrogen) atoms. The van der Waals surface area contributed by atoms with Crippen LogP contribution in [0.2, 0.25) is 0 Å². The Morgan fingerprint density at radius 1 is 0.250 bits per heavy atom. The zero-order valence-corrected chi connectivity index (χ0v) is 54.4. The number of hydrogen-bond donors (Lipinski definition) is 0. The third-order valence-electron chi connectivity index (χ3n) is 16.7. The summed E-state index contributed by atoms with van der Waals surface area (Å²) in [5.74, 6) is -0.835. The quantitative estimate of drug-likeness (QED) is 0.0261. The lowest BCUT2D eigenvalue weighted by Gasteiger charge is -2.18. The van der Waals surface area contributed by atoms with Gasteiger partial charge in [-0.15, -0.1) is 0 Å². The average molecular weight is 1130 g/mol. The molecule has 0 radical (unpaired) electrons. The molecule has 1 unspecified atom stereocenters. The summed E-state index contributed by atoms with van der Waals surface area (Å²) in [6.07, 6.45) is 85.3. The second kappa shape index (κ2) is 69.4. The van der Waals surface area contributed by atoms with Crippen LogP contribution in [0.4, 0.5) is 0 Å². The van der Waals surface area contributed by atoms with Crippen molar-refractivity contribution in [3.63, 3.8) is 0 Å². The Kier molecular flexibility index (Phi) is 67.6. The van der Waals surface area contributed by atoms with Gasteiger partial charge in [0.2, 0.25) is 0 Å². The monoisotopic (exact) mass is 1130 g/mol. The Labute approximate surface area is 500 Å². The lowest BCUT2D eigenvalue weighted by molar-refractivity contribution is -0.167. The molecule has 0 spiro atoms. The van der Waals surface area contributed by atoms with E-state index in [1.807, 2.05) is 0 Å². The first kappa shape index (κ1) is 77.9. The Balaban J connectivity index is 4.01. The molecule has 6 nitrogen and oxygen atoms in total. The molecule has 0 saturated carbocycles. The second-order valence-electron chi connectivity index (χ2n) is 24.9. The van der Waals surface area contributed by atoms with Gasteiger partial charge in [-0.05, 0) is 51.4 Å². The van der Waals surface area contributed by atoms with E-state index in [0.717, 1.165) is 64.2 Å². The van der Waals surface area contributed by atoms with E-state index < -0.39 is 6.10 Å². The molecule has 0 rings (SSSR count). The van der Waals surface area contributed by atoms with Crippen molar-refractivity contribution in [2.75, 3.05) is 13.2 Å². The van der Waals surface area contributed by atoms with Gasteiger partial charge in [-0.25, -0.2) is 0 Å². The Morgan fingerprint density at radius 3 is 0.688 bits per heavy atom. The van der Waals surface area contributed by atoms with Crippen LogP contribution in [0.3, 0.4) is 0 Å². The van der Waals surface area contributed by atoms with Crippen LogP contribution in [0.1, 0.15) is 412 Å². The van der Waals surface area contributed by atoms with Gasteiger partial charge < -0.3 is 14.2 Å². The van der Waals surface area contributed by atoms with Crippen molar-refractivity contribution in [3.05, 3.63) is 24.3 Å². The summed E-state index contributed by atoms with van der Waals surface area (Å²) >= 11 is 0. The fourth-order valence-electron chi connectivity index (χ4n) is 11.2. The highest BCUT2D eigenvalue weighted by atomic mass is 16.6. The first-order valence-corrected chi connectivity index (χ1v) is 36.3. The molecule has 0 saturated heterocycles.